The van der Waals surface area contributed by atoms with Crippen LogP contribution in [0.3, 0.4) is 0 Å². The van der Waals surface area contributed by atoms with Crippen LogP contribution in [-0.4, -0.2) is 76.8 Å². The summed E-state index contributed by atoms with van der Waals surface area (Å²) in [6.45, 7) is 0.275. The van der Waals surface area contributed by atoms with E-state index < -0.39 is 60.2 Å². The maximum atomic E-state index is 14.0. The molecule has 48 heavy (non-hydrogen) atoms. The fourth-order valence-corrected chi connectivity index (χ4v) is 5.13. The highest BCUT2D eigenvalue weighted by molar-refractivity contribution is 5.96. The topological polar surface area (TPSA) is 199 Å². The number of para-hydroxylation sites is 1. The second-order valence-electron chi connectivity index (χ2n) is 11.2. The molecule has 0 spiro atoms. The minimum Gasteiger partial charge on any atom is -0.480 e. The first-order valence-corrected chi connectivity index (χ1v) is 15.4. The van der Waals surface area contributed by atoms with Gasteiger partial charge in [-0.1, -0.05) is 78.9 Å². The Morgan fingerprint density at radius 3 is 1.71 bits per heavy atom. The van der Waals surface area contributed by atoms with E-state index in [1.807, 2.05) is 30.3 Å². The van der Waals surface area contributed by atoms with Crippen molar-refractivity contribution in [2.24, 2.45) is 0 Å². The van der Waals surface area contributed by atoms with Crippen LogP contribution in [0.25, 0.3) is 10.9 Å². The minimum absolute atomic E-state index is 0.0221. The highest BCUT2D eigenvalue weighted by atomic mass is 16.4. The second-order valence-corrected chi connectivity index (χ2v) is 11.2. The van der Waals surface area contributed by atoms with Gasteiger partial charge in [-0.05, 0) is 22.8 Å². The molecule has 5 amide bonds. The normalized spacial score (nSPS) is 12.6. The number of rotatable bonds is 16. The zero-order valence-electron chi connectivity index (χ0n) is 26.3. The number of carboxylic acid groups (broad SMARTS) is 1. The van der Waals surface area contributed by atoms with Crippen molar-refractivity contribution in [3.8, 4) is 0 Å². The number of nitrogens with one attached hydrogen (secondary N) is 6. The van der Waals surface area contributed by atoms with Crippen molar-refractivity contribution < 1.29 is 33.9 Å². The molecule has 4 rings (SSSR count). The molecular weight excluding hydrogens is 616 g/mol. The lowest BCUT2D eigenvalue weighted by Crippen LogP contribution is -2.58. The van der Waals surface area contributed by atoms with E-state index in [-0.39, 0.29) is 25.8 Å². The molecule has 0 bridgehead atoms. The van der Waals surface area contributed by atoms with Crippen molar-refractivity contribution in [3.05, 3.63) is 108 Å². The van der Waals surface area contributed by atoms with E-state index in [2.05, 4.69) is 31.6 Å². The first kappa shape index (κ1) is 34.9. The molecule has 0 aliphatic rings. The monoisotopic (exact) mass is 654 g/mol. The Balaban J connectivity index is 1.62. The van der Waals surface area contributed by atoms with Crippen molar-refractivity contribution >= 4 is 46.4 Å². The van der Waals surface area contributed by atoms with Crippen molar-refractivity contribution in [1.29, 1.82) is 0 Å². The third kappa shape index (κ3) is 10.5. The van der Waals surface area contributed by atoms with Crippen LogP contribution < -0.4 is 26.6 Å². The molecule has 0 saturated heterocycles. The first-order chi connectivity index (χ1) is 23.1. The molecular formula is C35H38N6O7. The van der Waals surface area contributed by atoms with Crippen LogP contribution in [0.2, 0.25) is 0 Å². The number of benzene rings is 3. The number of amides is 5. The lowest BCUT2D eigenvalue weighted by atomic mass is 10.0. The van der Waals surface area contributed by atoms with Gasteiger partial charge >= 0.3 is 5.97 Å². The molecule has 0 aliphatic carbocycles. The van der Waals surface area contributed by atoms with Gasteiger partial charge in [-0.2, -0.15) is 0 Å². The van der Waals surface area contributed by atoms with E-state index in [0.717, 1.165) is 27.6 Å². The quantitative estimate of drug-likeness (QED) is 0.0934. The number of carbonyl (C=O) groups is 6. The molecule has 0 fully saturated rings. The fourth-order valence-electron chi connectivity index (χ4n) is 5.13. The second kappa shape index (κ2) is 17.1. The summed E-state index contributed by atoms with van der Waals surface area (Å²) in [5.74, 6) is -4.33. The summed E-state index contributed by atoms with van der Waals surface area (Å²) in [6.07, 6.45) is 1.90. The number of aromatic nitrogens is 1. The third-order valence-electron chi connectivity index (χ3n) is 7.49. The van der Waals surface area contributed by atoms with E-state index in [4.69, 9.17) is 5.11 Å². The Labute approximate surface area is 276 Å². The summed E-state index contributed by atoms with van der Waals surface area (Å²) in [7, 11) is 0. The lowest BCUT2D eigenvalue weighted by Gasteiger charge is -2.25. The number of hydrogen-bond acceptors (Lipinski definition) is 6. The molecule has 13 nitrogen and oxygen atoms in total. The van der Waals surface area contributed by atoms with Gasteiger partial charge in [0.25, 0.3) is 0 Å². The summed E-state index contributed by atoms with van der Waals surface area (Å²) in [5.41, 5.74) is 3.00. The number of carboxylic acids is 1. The Kier molecular flexibility index (Phi) is 12.4. The molecule has 0 aliphatic heterocycles. The van der Waals surface area contributed by atoms with Gasteiger partial charge in [0.1, 0.15) is 24.7 Å². The van der Waals surface area contributed by atoms with Gasteiger partial charge in [0, 0.05) is 43.3 Å². The molecule has 4 aromatic rings. The summed E-state index contributed by atoms with van der Waals surface area (Å²) < 4.78 is 0. The number of carbonyl (C=O) groups excluding carboxylic acids is 5. The van der Waals surface area contributed by atoms with Gasteiger partial charge < -0.3 is 36.7 Å². The van der Waals surface area contributed by atoms with Crippen LogP contribution in [0, 0.1) is 0 Å². The Bertz CT molecular complexity index is 1740. The predicted octanol–water partition coefficient (Wildman–Crippen LogP) is 0.987. The van der Waals surface area contributed by atoms with Gasteiger partial charge in [0.15, 0.2) is 0 Å². The largest absolute Gasteiger partial charge is 0.480 e. The molecule has 3 aromatic carbocycles. The first-order valence-electron chi connectivity index (χ1n) is 15.4. The van der Waals surface area contributed by atoms with Gasteiger partial charge in [-0.15, -0.1) is 0 Å². The van der Waals surface area contributed by atoms with Crippen LogP contribution in [0.5, 0.6) is 0 Å². The van der Waals surface area contributed by atoms with E-state index in [0.29, 0.717) is 0 Å². The van der Waals surface area contributed by atoms with Crippen molar-refractivity contribution in [3.63, 3.8) is 0 Å². The molecule has 3 atom stereocenters. The Hall–Kier alpha value is -5.98. The van der Waals surface area contributed by atoms with E-state index >= 15 is 0 Å². The molecule has 0 radical (unpaired) electrons. The van der Waals surface area contributed by atoms with E-state index in [9.17, 15) is 28.8 Å². The van der Waals surface area contributed by atoms with Gasteiger partial charge in [0.2, 0.25) is 29.5 Å². The van der Waals surface area contributed by atoms with Gasteiger partial charge in [0.05, 0.1) is 6.54 Å². The molecule has 1 aromatic heterocycles. The van der Waals surface area contributed by atoms with Gasteiger partial charge in [-0.3, -0.25) is 28.8 Å². The minimum atomic E-state index is -1.25. The fraction of sp³-hybridized carbons (Fsp3) is 0.257. The average Bonchev–Trinajstić information content (AvgIpc) is 3.48. The van der Waals surface area contributed by atoms with Crippen molar-refractivity contribution in [1.82, 2.24) is 31.6 Å². The highest BCUT2D eigenvalue weighted by Gasteiger charge is 2.31. The molecule has 13 heteroatoms. The Morgan fingerprint density at radius 1 is 0.625 bits per heavy atom. The van der Waals surface area contributed by atoms with Crippen LogP contribution in [-0.2, 0) is 48.0 Å². The molecule has 1 heterocycles. The van der Waals surface area contributed by atoms with Crippen molar-refractivity contribution in [2.75, 3.05) is 13.1 Å². The molecule has 250 valence electrons. The van der Waals surface area contributed by atoms with Gasteiger partial charge in [-0.25, -0.2) is 0 Å². The van der Waals surface area contributed by atoms with Crippen LogP contribution >= 0.6 is 0 Å². The highest BCUT2D eigenvalue weighted by Crippen LogP contribution is 2.19. The molecule has 7 N–H and O–H groups in total. The van der Waals surface area contributed by atoms with Crippen LogP contribution in [0.1, 0.15) is 23.6 Å². The maximum absolute atomic E-state index is 14.0. The summed E-state index contributed by atoms with van der Waals surface area (Å²) in [6, 6.07) is 21.8. The van der Waals surface area contributed by atoms with E-state index in [1.165, 1.54) is 6.92 Å². The standard InChI is InChI=1S/C35H38N6O7/c1-22(42)36-20-31(43)39-29(17-24-12-6-3-7-13-24)34(47)41-30(18-25-19-37-27-15-9-8-14-26(25)27)35(48)40-28(33(46)38-21-32(44)45)16-23-10-4-2-5-11-23/h2-15,19,28-30,37H,16-18,20-21H2,1H3,(H,36,42)(H,38,46)(H,39,43)(H,40,48)(H,41,47)(H,44,45)/t28-,29-,30-/m0/s1. The average molecular weight is 655 g/mol. The zero-order chi connectivity index (χ0) is 34.5. The maximum Gasteiger partial charge on any atom is 0.322 e. The number of aromatic amines is 1. The Morgan fingerprint density at radius 2 is 1.15 bits per heavy atom. The smallest absolute Gasteiger partial charge is 0.322 e. The summed E-state index contributed by atoms with van der Waals surface area (Å²) in [4.78, 5) is 79.4. The van der Waals surface area contributed by atoms with Crippen LogP contribution in [0.15, 0.2) is 91.1 Å². The number of H-pyrrole nitrogens is 1. The number of fused-ring (bicyclic) bond motifs is 1. The summed E-state index contributed by atoms with van der Waals surface area (Å²) in [5, 5.41) is 22.8. The molecule has 0 saturated carbocycles. The predicted molar refractivity (Wildman–Crippen MR) is 177 cm³/mol. The number of aliphatic carboxylic acids is 1. The SMILES string of the molecule is CC(=O)NCC(=O)N[C@@H](Cc1ccccc1)C(=O)N[C@@H](Cc1c[nH]c2ccccc12)C(=O)N[C@@H](Cc1ccccc1)C(=O)NCC(=O)O. The van der Waals surface area contributed by atoms with Crippen molar-refractivity contribution in [2.45, 2.75) is 44.3 Å². The zero-order valence-corrected chi connectivity index (χ0v) is 26.3. The lowest BCUT2D eigenvalue weighted by molar-refractivity contribution is -0.138. The third-order valence-corrected chi connectivity index (χ3v) is 7.49. The van der Waals surface area contributed by atoms with Crippen LogP contribution in [0.4, 0.5) is 0 Å². The van der Waals surface area contributed by atoms with E-state index in [1.54, 1.807) is 60.8 Å². The number of hydrogen-bond donors (Lipinski definition) is 7. The molecule has 0 unspecified atom stereocenters. The summed E-state index contributed by atoms with van der Waals surface area (Å²) >= 11 is 0.